The van der Waals surface area contributed by atoms with Crippen molar-refractivity contribution >= 4 is 6.03 Å². The van der Waals surface area contributed by atoms with Crippen molar-refractivity contribution in [3.8, 4) is 0 Å². The molecule has 0 aromatic heterocycles. The Morgan fingerprint density at radius 3 is 2.30 bits per heavy atom. The summed E-state index contributed by atoms with van der Waals surface area (Å²) in [5.74, 6) is 0. The molecule has 104 valence electrons. The first-order valence-electron chi connectivity index (χ1n) is 6.59. The minimum absolute atomic E-state index is 0.367. The molecule has 0 radical (unpaired) electrons. The van der Waals surface area contributed by atoms with E-state index in [9.17, 15) is 0 Å². The summed E-state index contributed by atoms with van der Waals surface area (Å²) in [6, 6.07) is 18.9. The van der Waals surface area contributed by atoms with Gasteiger partial charge in [-0.05, 0) is 23.1 Å². The molecule has 0 unspecified atom stereocenters. The Balaban J connectivity index is 0.000000328. The monoisotopic (exact) mass is 269 g/mol. The van der Waals surface area contributed by atoms with Crippen LogP contribution in [0, 0.1) is 0 Å². The van der Waals surface area contributed by atoms with Gasteiger partial charge in [-0.15, -0.1) is 0 Å². The van der Waals surface area contributed by atoms with E-state index in [1.54, 1.807) is 0 Å². The third kappa shape index (κ3) is 3.59. The van der Waals surface area contributed by atoms with Crippen LogP contribution in [0.4, 0.5) is 4.79 Å². The molecule has 0 bridgehead atoms. The van der Waals surface area contributed by atoms with Gasteiger partial charge in [-0.3, -0.25) is 0 Å². The third-order valence-electron chi connectivity index (χ3n) is 3.24. The zero-order valence-corrected chi connectivity index (χ0v) is 11.3. The number of carbonyl (C=O) groups is 1. The second kappa shape index (κ2) is 6.73. The predicted octanol–water partition coefficient (Wildman–Crippen LogP) is 1.95. The summed E-state index contributed by atoms with van der Waals surface area (Å²) in [6.07, 6.45) is 1.14. The van der Waals surface area contributed by atoms with Gasteiger partial charge in [0.25, 0.3) is 0 Å². The lowest BCUT2D eigenvalue weighted by molar-refractivity contribution is 0.256. The van der Waals surface area contributed by atoms with Crippen LogP contribution in [0.3, 0.4) is 0 Å². The summed E-state index contributed by atoms with van der Waals surface area (Å²) in [5, 5.41) is 3.59. The summed E-state index contributed by atoms with van der Waals surface area (Å²) in [7, 11) is 0. The lowest BCUT2D eigenvalue weighted by Crippen LogP contribution is -2.30. The molecule has 0 fully saturated rings. The normalized spacial score (nSPS) is 16.5. The minimum Gasteiger partial charge on any atom is -0.352 e. The van der Waals surface area contributed by atoms with Crippen LogP contribution in [0.2, 0.25) is 0 Å². The molecule has 1 heterocycles. The van der Waals surface area contributed by atoms with E-state index >= 15 is 0 Å². The quantitative estimate of drug-likeness (QED) is 0.739. The van der Waals surface area contributed by atoms with Crippen molar-refractivity contribution in [3.05, 3.63) is 71.3 Å². The standard InChI is InChI=1S/C15H15N.CH4N2O/c1-2-7-13(8-3-1)15-14-9-5-4-6-12(14)10-11-16-15;2-1(3)4/h1-9,15-16H,10-11H2;(H4,2,3,4)/t15-;/m0./s1. The summed E-state index contributed by atoms with van der Waals surface area (Å²) in [4.78, 5) is 9.00. The number of nitrogens with two attached hydrogens (primary N) is 2. The first-order valence-corrected chi connectivity index (χ1v) is 6.59. The van der Waals surface area contributed by atoms with E-state index in [0.717, 1.165) is 13.0 Å². The van der Waals surface area contributed by atoms with Gasteiger partial charge in [0.2, 0.25) is 0 Å². The van der Waals surface area contributed by atoms with Crippen LogP contribution >= 0.6 is 0 Å². The highest BCUT2D eigenvalue weighted by Gasteiger charge is 2.19. The Kier molecular flexibility index (Phi) is 4.74. The van der Waals surface area contributed by atoms with E-state index in [1.807, 2.05) is 0 Å². The van der Waals surface area contributed by atoms with Crippen LogP contribution in [0.25, 0.3) is 0 Å². The third-order valence-corrected chi connectivity index (χ3v) is 3.24. The first kappa shape index (κ1) is 14.1. The van der Waals surface area contributed by atoms with Crippen LogP contribution in [0.1, 0.15) is 22.7 Å². The Hall–Kier alpha value is -2.33. The van der Waals surface area contributed by atoms with Gasteiger partial charge in [0.05, 0.1) is 6.04 Å². The van der Waals surface area contributed by atoms with Crippen LogP contribution in [-0.4, -0.2) is 12.6 Å². The topological polar surface area (TPSA) is 81.1 Å². The van der Waals surface area contributed by atoms with Crippen molar-refractivity contribution in [3.63, 3.8) is 0 Å². The van der Waals surface area contributed by atoms with Gasteiger partial charge in [0, 0.05) is 6.54 Å². The van der Waals surface area contributed by atoms with Crippen LogP contribution in [0.5, 0.6) is 0 Å². The molecular weight excluding hydrogens is 250 g/mol. The van der Waals surface area contributed by atoms with E-state index in [0.29, 0.717) is 6.04 Å². The van der Waals surface area contributed by atoms with Crippen LogP contribution in [0.15, 0.2) is 54.6 Å². The Labute approximate surface area is 118 Å². The van der Waals surface area contributed by atoms with Gasteiger partial charge in [-0.25, -0.2) is 4.79 Å². The van der Waals surface area contributed by atoms with E-state index in [2.05, 4.69) is 71.4 Å². The number of amides is 2. The lowest BCUT2D eigenvalue weighted by Gasteiger charge is -2.27. The van der Waals surface area contributed by atoms with Crippen LogP contribution < -0.4 is 16.8 Å². The fourth-order valence-electron chi connectivity index (χ4n) is 2.45. The maximum Gasteiger partial charge on any atom is 0.309 e. The van der Waals surface area contributed by atoms with E-state index in [4.69, 9.17) is 4.79 Å². The summed E-state index contributed by atoms with van der Waals surface area (Å²) >= 11 is 0. The molecule has 1 atom stereocenters. The SMILES string of the molecule is NC(N)=O.c1ccc([C@@H]2NCCc3ccccc32)cc1. The largest absolute Gasteiger partial charge is 0.352 e. The highest BCUT2D eigenvalue weighted by Crippen LogP contribution is 2.27. The van der Waals surface area contributed by atoms with E-state index in [1.165, 1.54) is 16.7 Å². The average Bonchev–Trinajstić information content (AvgIpc) is 2.47. The highest BCUT2D eigenvalue weighted by atomic mass is 16.2. The molecule has 3 rings (SSSR count). The molecule has 5 N–H and O–H groups in total. The molecule has 0 spiro atoms. The maximum absolute atomic E-state index is 9.00. The Morgan fingerprint density at radius 1 is 1.00 bits per heavy atom. The number of hydrogen-bond donors (Lipinski definition) is 3. The number of benzene rings is 2. The van der Waals surface area contributed by atoms with Gasteiger partial charge < -0.3 is 16.8 Å². The number of urea groups is 1. The molecule has 0 aliphatic carbocycles. The lowest BCUT2D eigenvalue weighted by atomic mass is 9.90. The maximum atomic E-state index is 9.00. The van der Waals surface area contributed by atoms with E-state index in [-0.39, 0.29) is 0 Å². The summed E-state index contributed by atoms with van der Waals surface area (Å²) < 4.78 is 0. The molecule has 1 aliphatic rings. The number of fused-ring (bicyclic) bond motifs is 1. The molecule has 0 saturated heterocycles. The van der Waals surface area contributed by atoms with Crippen molar-refractivity contribution in [2.45, 2.75) is 12.5 Å². The van der Waals surface area contributed by atoms with Crippen molar-refractivity contribution < 1.29 is 4.79 Å². The van der Waals surface area contributed by atoms with Gasteiger partial charge >= 0.3 is 6.03 Å². The minimum atomic E-state index is -0.833. The zero-order chi connectivity index (χ0) is 14.4. The van der Waals surface area contributed by atoms with Gasteiger partial charge in [-0.2, -0.15) is 0 Å². The summed E-state index contributed by atoms with van der Waals surface area (Å²) in [5.41, 5.74) is 12.8. The molecule has 2 amide bonds. The van der Waals surface area contributed by atoms with Gasteiger partial charge in [0.15, 0.2) is 0 Å². The number of carbonyl (C=O) groups excluding carboxylic acids is 1. The molecular formula is C16H19N3O. The molecule has 4 heteroatoms. The van der Waals surface area contributed by atoms with Crippen LogP contribution in [-0.2, 0) is 6.42 Å². The van der Waals surface area contributed by atoms with Crippen molar-refractivity contribution in [2.24, 2.45) is 11.5 Å². The second-order valence-electron chi connectivity index (χ2n) is 4.65. The molecule has 20 heavy (non-hydrogen) atoms. The number of primary amides is 2. The molecule has 2 aromatic rings. The zero-order valence-electron chi connectivity index (χ0n) is 11.3. The molecule has 0 saturated carbocycles. The van der Waals surface area contributed by atoms with Gasteiger partial charge in [0.1, 0.15) is 0 Å². The number of hydrogen-bond acceptors (Lipinski definition) is 2. The van der Waals surface area contributed by atoms with Crippen molar-refractivity contribution in [1.82, 2.24) is 5.32 Å². The molecule has 2 aromatic carbocycles. The molecule has 1 aliphatic heterocycles. The molecule has 4 nitrogen and oxygen atoms in total. The first-order chi connectivity index (χ1) is 9.68. The number of nitrogens with one attached hydrogen (secondary N) is 1. The smallest absolute Gasteiger partial charge is 0.309 e. The van der Waals surface area contributed by atoms with E-state index < -0.39 is 6.03 Å². The second-order valence-corrected chi connectivity index (χ2v) is 4.65. The average molecular weight is 269 g/mol. The van der Waals surface area contributed by atoms with Crippen molar-refractivity contribution in [1.29, 1.82) is 0 Å². The fraction of sp³-hybridized carbons (Fsp3) is 0.188. The van der Waals surface area contributed by atoms with Gasteiger partial charge in [-0.1, -0.05) is 54.6 Å². The Bertz CT molecular complexity index is 565. The summed E-state index contributed by atoms with van der Waals surface area (Å²) in [6.45, 7) is 1.07. The predicted molar refractivity (Wildman–Crippen MR) is 80.2 cm³/mol. The fourth-order valence-corrected chi connectivity index (χ4v) is 2.45. The highest BCUT2D eigenvalue weighted by molar-refractivity contribution is 5.69. The number of rotatable bonds is 1. The van der Waals surface area contributed by atoms with Crippen molar-refractivity contribution in [2.75, 3.05) is 6.54 Å². The Morgan fingerprint density at radius 2 is 1.60 bits per heavy atom.